The van der Waals surface area contributed by atoms with Crippen LogP contribution >= 0.6 is 0 Å². The standard InChI is InChI=1S/C21H20N6/c1-14-21(25-26-24-14)16-8-9-22-19(10-16)20-12-27(13-23-20)11-17-7-6-15-4-2-3-5-18(15)17/h2-5,8-10,12-13,17H,6-7,11H2,1H3,(H,24,25,26)/t17-/m1/s1. The number of fused-ring (bicyclic) bond motifs is 1. The molecule has 0 bridgehead atoms. The molecule has 6 nitrogen and oxygen atoms in total. The molecule has 0 saturated heterocycles. The molecule has 0 spiro atoms. The Hall–Kier alpha value is -3.28. The molecule has 1 aliphatic rings. The van der Waals surface area contributed by atoms with E-state index in [-0.39, 0.29) is 0 Å². The Morgan fingerprint density at radius 3 is 2.93 bits per heavy atom. The molecule has 0 radical (unpaired) electrons. The van der Waals surface area contributed by atoms with Crippen LogP contribution in [0, 0.1) is 6.92 Å². The lowest BCUT2D eigenvalue weighted by Gasteiger charge is -2.11. The predicted octanol–water partition coefficient (Wildman–Crippen LogP) is 3.77. The van der Waals surface area contributed by atoms with Gasteiger partial charge in [-0.15, -0.1) is 0 Å². The van der Waals surface area contributed by atoms with E-state index in [0.717, 1.165) is 34.9 Å². The summed E-state index contributed by atoms with van der Waals surface area (Å²) in [5.41, 5.74) is 7.41. The van der Waals surface area contributed by atoms with Crippen LogP contribution in [0.4, 0.5) is 0 Å². The van der Waals surface area contributed by atoms with Crippen molar-refractivity contribution in [3.8, 4) is 22.6 Å². The van der Waals surface area contributed by atoms with Crippen molar-refractivity contribution in [1.29, 1.82) is 0 Å². The number of hydrogen-bond donors (Lipinski definition) is 1. The SMILES string of the molecule is Cc1n[nH]nc1-c1ccnc(-c2cn(C[C@H]3CCc4ccccc43)cn2)c1. The number of imidazole rings is 1. The van der Waals surface area contributed by atoms with E-state index < -0.39 is 0 Å². The molecule has 0 unspecified atom stereocenters. The Kier molecular flexibility index (Phi) is 3.81. The zero-order valence-electron chi connectivity index (χ0n) is 15.1. The summed E-state index contributed by atoms with van der Waals surface area (Å²) in [4.78, 5) is 9.08. The first-order chi connectivity index (χ1) is 13.3. The lowest BCUT2D eigenvalue weighted by atomic mass is 10.0. The zero-order valence-corrected chi connectivity index (χ0v) is 15.1. The summed E-state index contributed by atoms with van der Waals surface area (Å²) in [5.74, 6) is 0.556. The van der Waals surface area contributed by atoms with E-state index in [1.165, 1.54) is 24.0 Å². The van der Waals surface area contributed by atoms with Crippen LogP contribution in [0.25, 0.3) is 22.6 Å². The highest BCUT2D eigenvalue weighted by molar-refractivity contribution is 5.67. The topological polar surface area (TPSA) is 72.3 Å². The number of rotatable bonds is 4. The number of aromatic amines is 1. The molecule has 6 heteroatoms. The van der Waals surface area contributed by atoms with E-state index in [9.17, 15) is 0 Å². The Labute approximate surface area is 157 Å². The van der Waals surface area contributed by atoms with Gasteiger partial charge in [0.2, 0.25) is 0 Å². The van der Waals surface area contributed by atoms with Gasteiger partial charge < -0.3 is 4.57 Å². The van der Waals surface area contributed by atoms with Gasteiger partial charge in [0.1, 0.15) is 11.4 Å². The normalized spacial score (nSPS) is 15.8. The molecule has 1 N–H and O–H groups in total. The molecule has 1 aromatic carbocycles. The Morgan fingerprint density at radius 2 is 2.04 bits per heavy atom. The molecule has 0 saturated carbocycles. The molecule has 3 aromatic heterocycles. The van der Waals surface area contributed by atoms with Crippen molar-refractivity contribution in [2.75, 3.05) is 0 Å². The van der Waals surface area contributed by atoms with Crippen molar-refractivity contribution in [2.45, 2.75) is 32.2 Å². The van der Waals surface area contributed by atoms with Gasteiger partial charge in [-0.05, 0) is 43.0 Å². The maximum absolute atomic E-state index is 4.59. The maximum Gasteiger partial charge on any atom is 0.115 e. The van der Waals surface area contributed by atoms with Gasteiger partial charge in [0.25, 0.3) is 0 Å². The fourth-order valence-corrected chi connectivity index (χ4v) is 3.96. The minimum Gasteiger partial charge on any atom is -0.336 e. The third-order valence-corrected chi connectivity index (χ3v) is 5.34. The molecule has 5 rings (SSSR count). The van der Waals surface area contributed by atoms with Gasteiger partial charge in [-0.1, -0.05) is 24.3 Å². The quantitative estimate of drug-likeness (QED) is 0.604. The Bertz CT molecular complexity index is 1090. The first-order valence-electron chi connectivity index (χ1n) is 9.21. The van der Waals surface area contributed by atoms with Gasteiger partial charge in [0.15, 0.2) is 0 Å². The molecule has 3 heterocycles. The molecule has 0 fully saturated rings. The van der Waals surface area contributed by atoms with Gasteiger partial charge in [-0.25, -0.2) is 4.98 Å². The van der Waals surface area contributed by atoms with E-state index in [4.69, 9.17) is 0 Å². The highest BCUT2D eigenvalue weighted by Gasteiger charge is 2.22. The number of aromatic nitrogens is 6. The molecule has 4 aromatic rings. The van der Waals surface area contributed by atoms with Crippen LogP contribution < -0.4 is 0 Å². The van der Waals surface area contributed by atoms with E-state index in [1.807, 2.05) is 25.4 Å². The largest absolute Gasteiger partial charge is 0.336 e. The monoisotopic (exact) mass is 356 g/mol. The summed E-state index contributed by atoms with van der Waals surface area (Å²) >= 11 is 0. The second kappa shape index (κ2) is 6.46. The number of benzene rings is 1. The predicted molar refractivity (Wildman–Crippen MR) is 103 cm³/mol. The molecule has 27 heavy (non-hydrogen) atoms. The number of aryl methyl sites for hydroxylation is 2. The number of nitrogens with one attached hydrogen (secondary N) is 1. The van der Waals surface area contributed by atoms with Crippen LogP contribution in [0.1, 0.15) is 29.2 Å². The van der Waals surface area contributed by atoms with E-state index >= 15 is 0 Å². The summed E-state index contributed by atoms with van der Waals surface area (Å²) in [7, 11) is 0. The molecule has 0 aliphatic heterocycles. The number of nitrogens with zero attached hydrogens (tertiary/aromatic N) is 5. The highest BCUT2D eigenvalue weighted by atomic mass is 15.3. The molecule has 0 amide bonds. The lowest BCUT2D eigenvalue weighted by Crippen LogP contribution is -2.04. The lowest BCUT2D eigenvalue weighted by molar-refractivity contribution is 0.555. The first-order valence-corrected chi connectivity index (χ1v) is 9.21. The molecule has 134 valence electrons. The van der Waals surface area contributed by atoms with Crippen molar-refractivity contribution in [2.24, 2.45) is 0 Å². The van der Waals surface area contributed by atoms with Gasteiger partial charge >= 0.3 is 0 Å². The number of pyridine rings is 1. The number of hydrogen-bond acceptors (Lipinski definition) is 4. The zero-order chi connectivity index (χ0) is 18.2. The van der Waals surface area contributed by atoms with Crippen LogP contribution in [-0.4, -0.2) is 29.9 Å². The van der Waals surface area contributed by atoms with Gasteiger partial charge in [0, 0.05) is 30.4 Å². The maximum atomic E-state index is 4.59. The van der Waals surface area contributed by atoms with Crippen molar-refractivity contribution in [3.05, 3.63) is 71.9 Å². The van der Waals surface area contributed by atoms with Crippen molar-refractivity contribution < 1.29 is 0 Å². The summed E-state index contributed by atoms with van der Waals surface area (Å²) < 4.78 is 2.18. The van der Waals surface area contributed by atoms with E-state index in [1.54, 1.807) is 6.20 Å². The van der Waals surface area contributed by atoms with E-state index in [2.05, 4.69) is 60.4 Å². The van der Waals surface area contributed by atoms with Crippen LogP contribution in [-0.2, 0) is 13.0 Å². The van der Waals surface area contributed by atoms with E-state index in [0.29, 0.717) is 5.92 Å². The summed E-state index contributed by atoms with van der Waals surface area (Å²) in [6.07, 6.45) is 8.16. The summed E-state index contributed by atoms with van der Waals surface area (Å²) in [6, 6.07) is 12.7. The summed E-state index contributed by atoms with van der Waals surface area (Å²) in [6.45, 7) is 2.89. The van der Waals surface area contributed by atoms with Crippen LogP contribution in [0.3, 0.4) is 0 Å². The fraction of sp³-hybridized carbons (Fsp3) is 0.238. The Balaban J connectivity index is 1.39. The number of H-pyrrole nitrogens is 1. The fourth-order valence-electron chi connectivity index (χ4n) is 3.96. The van der Waals surface area contributed by atoms with Crippen molar-refractivity contribution in [1.82, 2.24) is 29.9 Å². The third kappa shape index (κ3) is 2.93. The minimum absolute atomic E-state index is 0.556. The molecule has 1 aliphatic carbocycles. The average molecular weight is 356 g/mol. The van der Waals surface area contributed by atoms with Gasteiger partial charge in [0.05, 0.1) is 17.7 Å². The van der Waals surface area contributed by atoms with Crippen LogP contribution in [0.15, 0.2) is 55.1 Å². The van der Waals surface area contributed by atoms with Crippen LogP contribution in [0.2, 0.25) is 0 Å². The molecular weight excluding hydrogens is 336 g/mol. The smallest absolute Gasteiger partial charge is 0.115 e. The first kappa shape index (κ1) is 15.9. The third-order valence-electron chi connectivity index (χ3n) is 5.34. The Morgan fingerprint density at radius 1 is 1.11 bits per heavy atom. The summed E-state index contributed by atoms with van der Waals surface area (Å²) in [5, 5.41) is 11.0. The van der Waals surface area contributed by atoms with Crippen molar-refractivity contribution >= 4 is 0 Å². The van der Waals surface area contributed by atoms with Gasteiger partial charge in [-0.3, -0.25) is 4.98 Å². The second-order valence-electron chi connectivity index (χ2n) is 7.08. The van der Waals surface area contributed by atoms with Crippen LogP contribution in [0.5, 0.6) is 0 Å². The second-order valence-corrected chi connectivity index (χ2v) is 7.08. The average Bonchev–Trinajstić information content (AvgIpc) is 3.43. The highest BCUT2D eigenvalue weighted by Crippen LogP contribution is 2.34. The van der Waals surface area contributed by atoms with Gasteiger partial charge in [-0.2, -0.15) is 15.4 Å². The van der Waals surface area contributed by atoms with Crippen molar-refractivity contribution in [3.63, 3.8) is 0 Å². The minimum atomic E-state index is 0.556. The molecule has 1 atom stereocenters. The molecular formula is C21H20N6.